The molecule has 2 amide bonds. The van der Waals surface area contributed by atoms with Gasteiger partial charge in [0.25, 0.3) is 11.7 Å². The van der Waals surface area contributed by atoms with Crippen LogP contribution >= 0.6 is 0 Å². The van der Waals surface area contributed by atoms with Crippen molar-refractivity contribution in [1.82, 2.24) is 20.5 Å². The molecule has 4 aliphatic heterocycles. The summed E-state index contributed by atoms with van der Waals surface area (Å²) in [6.07, 6.45) is 7.19. The molecule has 5 N–H and O–H groups in total. The van der Waals surface area contributed by atoms with Crippen LogP contribution in [0.1, 0.15) is 111 Å². The van der Waals surface area contributed by atoms with Gasteiger partial charge in [-0.15, -0.1) is 0 Å². The van der Waals surface area contributed by atoms with E-state index in [1.54, 1.807) is 44.0 Å². The lowest BCUT2D eigenvalue weighted by Gasteiger charge is -2.37. The summed E-state index contributed by atoms with van der Waals surface area (Å²) in [4.78, 5) is 106. The van der Waals surface area contributed by atoms with E-state index < -0.39 is 117 Å². The fourth-order valence-corrected chi connectivity index (χ4v) is 9.12. The molecule has 1 aromatic rings. The number of rotatable bonds is 14. The molecule has 0 spiro atoms. The van der Waals surface area contributed by atoms with Gasteiger partial charge in [-0.2, -0.15) is 5.10 Å². The molecule has 4 heterocycles. The van der Waals surface area contributed by atoms with Crippen LogP contribution in [-0.4, -0.2) is 149 Å². The molecule has 0 aromatic heterocycles. The number of hydrazone groups is 1. The molecule has 5 bridgehead atoms. The molecule has 5 aliphatic rings. The highest BCUT2D eigenvalue weighted by molar-refractivity contribution is 6.37. The van der Waals surface area contributed by atoms with E-state index in [-0.39, 0.29) is 34.4 Å². The number of benzene rings is 1. The van der Waals surface area contributed by atoms with Crippen molar-refractivity contribution in [1.29, 1.82) is 0 Å². The highest BCUT2D eigenvalue weighted by Crippen LogP contribution is 2.48. The summed E-state index contributed by atoms with van der Waals surface area (Å²) >= 11 is 0. The number of hydrogen-bond acceptors (Lipinski definition) is 18. The molecule has 396 valence electrons. The Hall–Kier alpha value is -6.77. The van der Waals surface area contributed by atoms with Gasteiger partial charge in [-0.1, -0.05) is 59.4 Å². The Kier molecular flexibility index (Phi) is 19.4. The molecule has 6 rings (SSSR count). The van der Waals surface area contributed by atoms with Gasteiger partial charge in [0.05, 0.1) is 52.7 Å². The molecule has 1 saturated heterocycles. The highest BCUT2D eigenvalue weighted by Gasteiger charge is 2.52. The number of allylic oxidation sites excluding steroid dienone is 6. The minimum Gasteiger partial charge on any atom is -0.507 e. The fraction of sp³-hybridized carbons (Fsp3) is 0.528. The van der Waals surface area contributed by atoms with Gasteiger partial charge in [-0.25, -0.2) is 0 Å². The predicted octanol–water partition coefficient (Wildman–Crippen LogP) is 3.81. The van der Waals surface area contributed by atoms with Crippen LogP contribution in [0, 0.1) is 36.5 Å². The maximum atomic E-state index is 14.9. The fourth-order valence-electron chi connectivity index (χ4n) is 9.12. The zero-order chi connectivity index (χ0) is 54.1. The number of aromatic hydroxyl groups is 1. The molecule has 20 nitrogen and oxygen atoms in total. The summed E-state index contributed by atoms with van der Waals surface area (Å²) in [5, 5.41) is 45.7. The number of aldehydes is 2. The number of hydrogen-bond donors (Lipinski definition) is 5. The Balaban J connectivity index is 1.43. The first-order chi connectivity index (χ1) is 34.5. The van der Waals surface area contributed by atoms with Crippen LogP contribution < -0.4 is 15.4 Å². The normalized spacial score (nSPS) is 28.9. The van der Waals surface area contributed by atoms with Crippen LogP contribution in [0.5, 0.6) is 11.5 Å². The van der Waals surface area contributed by atoms with Crippen molar-refractivity contribution in [3.05, 3.63) is 82.0 Å². The number of phenols is 1. The Labute approximate surface area is 425 Å². The van der Waals surface area contributed by atoms with Crippen LogP contribution in [-0.2, 0) is 38.2 Å². The number of amides is 2. The second-order valence-electron chi connectivity index (χ2n) is 19.4. The van der Waals surface area contributed by atoms with Gasteiger partial charge in [0.2, 0.25) is 11.7 Å². The summed E-state index contributed by atoms with van der Waals surface area (Å²) < 4.78 is 23.6. The van der Waals surface area contributed by atoms with Gasteiger partial charge in [0.15, 0.2) is 5.78 Å². The van der Waals surface area contributed by atoms with Crippen LogP contribution in [0.4, 0.5) is 0 Å². The van der Waals surface area contributed by atoms with Crippen molar-refractivity contribution in [3.8, 4) is 11.5 Å². The van der Waals surface area contributed by atoms with Crippen molar-refractivity contribution < 1.29 is 72.6 Å². The number of esters is 1. The van der Waals surface area contributed by atoms with Crippen LogP contribution in [0.3, 0.4) is 0 Å². The smallest absolute Gasteiger partial charge is 0.312 e. The molecule has 20 heteroatoms. The minimum atomic E-state index is -2.09. The van der Waals surface area contributed by atoms with E-state index in [4.69, 9.17) is 18.9 Å². The Morgan fingerprint density at radius 3 is 2.25 bits per heavy atom. The van der Waals surface area contributed by atoms with Gasteiger partial charge >= 0.3 is 11.8 Å². The van der Waals surface area contributed by atoms with Crippen molar-refractivity contribution in [2.75, 3.05) is 39.3 Å². The molecule has 73 heavy (non-hydrogen) atoms. The standard InChI is InChI=1S/C53H69N5O15/c1-28-17-23-71-53(10)51(68)42-40-41(46(65)35(8)50(42)73-53)48(67)43(56-52(69)30(3)14-11-13-29(2)44(63)33(6)45(64)34(7)49(32(28)5)72-36(9)61)38(47(40)66)25-54-58-20-18-57(19-21-58)22-24-70-31(4)15-12-16-39(62)55-37(26-59)27-60/h11,13-14,17,23,25-29,32-34,37,44-45,49,63-65H,4,12,15-16,18-22,24H2,1-3,5-10H3,(H,55,62)(H,56,69)/b13-11+,23-17+,30-14-,54-25+/t28-,29-,32+,33+,34+,44-,45+,49+,53-/m0/s1. The summed E-state index contributed by atoms with van der Waals surface area (Å²) in [6, 6.07) is -1.18. The van der Waals surface area contributed by atoms with Gasteiger partial charge in [-0.05, 0) is 38.2 Å². The van der Waals surface area contributed by atoms with Crippen molar-refractivity contribution >= 4 is 53.9 Å². The number of nitrogens with zero attached hydrogens (tertiary/aromatic N) is 3. The number of ketones is 3. The lowest BCUT2D eigenvalue weighted by Crippen LogP contribution is -2.45. The summed E-state index contributed by atoms with van der Waals surface area (Å²) in [5.74, 6) is -9.65. The maximum absolute atomic E-state index is 14.9. The van der Waals surface area contributed by atoms with Crippen molar-refractivity contribution in [2.24, 2.45) is 34.7 Å². The van der Waals surface area contributed by atoms with Crippen LogP contribution in [0.15, 0.2) is 64.8 Å². The number of aliphatic hydroxyl groups excluding tert-OH is 2. The summed E-state index contributed by atoms with van der Waals surface area (Å²) in [7, 11) is 0. The average Bonchev–Trinajstić information content (AvgIpc) is 3.62. The molecule has 9 atom stereocenters. The zero-order valence-electron chi connectivity index (χ0n) is 43.0. The molecule has 1 aliphatic carbocycles. The van der Waals surface area contributed by atoms with E-state index in [1.807, 2.05) is 13.8 Å². The number of fused-ring (bicyclic) bond motifs is 14. The van der Waals surface area contributed by atoms with E-state index in [1.165, 1.54) is 40.0 Å². The number of carbonyl (C=O) groups excluding carboxylic acids is 8. The maximum Gasteiger partial charge on any atom is 0.312 e. The van der Waals surface area contributed by atoms with Gasteiger partial charge in [0, 0.05) is 88.3 Å². The Morgan fingerprint density at radius 2 is 1.60 bits per heavy atom. The van der Waals surface area contributed by atoms with E-state index in [0.29, 0.717) is 70.5 Å². The molecule has 0 radical (unpaired) electrons. The third kappa shape index (κ3) is 13.3. The first kappa shape index (κ1) is 57.1. The monoisotopic (exact) mass is 1020 g/mol. The second-order valence-corrected chi connectivity index (χ2v) is 19.4. The summed E-state index contributed by atoms with van der Waals surface area (Å²) in [5.41, 5.74) is -2.06. The number of phenolic OH excluding ortho intramolecular Hbond substituents is 1. The van der Waals surface area contributed by atoms with Crippen molar-refractivity contribution in [3.63, 3.8) is 0 Å². The van der Waals surface area contributed by atoms with Gasteiger partial charge < -0.3 is 54.5 Å². The largest absolute Gasteiger partial charge is 0.507 e. The summed E-state index contributed by atoms with van der Waals surface area (Å²) in [6.45, 7) is 20.8. The number of nitrogens with one attached hydrogen (secondary N) is 2. The highest BCUT2D eigenvalue weighted by atomic mass is 16.7. The van der Waals surface area contributed by atoms with E-state index in [0.717, 1.165) is 6.21 Å². The lowest BCUT2D eigenvalue weighted by molar-refractivity contribution is -0.158. The molecular formula is C53H69N5O15. The van der Waals surface area contributed by atoms with Crippen LogP contribution in [0.2, 0.25) is 0 Å². The molecule has 1 aromatic carbocycles. The average molecular weight is 1020 g/mol. The quantitative estimate of drug-likeness (QED) is 0.0583. The molecule has 0 unspecified atom stereocenters. The van der Waals surface area contributed by atoms with Gasteiger partial charge in [-0.3, -0.25) is 38.7 Å². The third-order valence-electron chi connectivity index (χ3n) is 14.0. The molecule has 0 saturated carbocycles. The number of piperazine rings is 1. The Bertz CT molecular complexity index is 2500. The number of aliphatic hydroxyl groups is 2. The Morgan fingerprint density at radius 1 is 0.932 bits per heavy atom. The SMILES string of the molecule is C=C(CCCC(=O)NC(C=O)C=O)OCCN1CCN(/N=C/C2=C3NC(=O)/C(C)=C\C=C\[C@H](C)[C@H](O)[C@@H](C)[C@@H](O)[C@@H](C)[C@H](OC(C)=O)[C@H](C)[C@@H](C)/C=C/O[C@@]4(C)Oc5c(C)c(O)c(c(c5C4=O)C2=O)C3=O)CC1. The minimum absolute atomic E-state index is 0.0305. The van der Waals surface area contributed by atoms with Crippen molar-refractivity contribution in [2.45, 2.75) is 112 Å². The number of Topliss-reactive ketones (excluding diaryl/α,β-unsaturated/α-hetero) is 3. The van der Waals surface area contributed by atoms with E-state index >= 15 is 0 Å². The topological polar surface area (TPSA) is 277 Å². The number of carbonyl (C=O) groups is 8. The molecular weight excluding hydrogens is 947 g/mol. The van der Waals surface area contributed by atoms with Gasteiger partial charge in [0.1, 0.15) is 48.5 Å². The predicted molar refractivity (Wildman–Crippen MR) is 266 cm³/mol. The lowest BCUT2D eigenvalue weighted by atomic mass is 9.77. The number of ether oxygens (including phenoxy) is 4. The second kappa shape index (κ2) is 24.8. The van der Waals surface area contributed by atoms with Crippen LogP contribution in [0.25, 0.3) is 0 Å². The molecule has 1 fully saturated rings. The van der Waals surface area contributed by atoms with E-state index in [9.17, 15) is 53.7 Å². The first-order valence-corrected chi connectivity index (χ1v) is 24.5. The van der Waals surface area contributed by atoms with E-state index in [2.05, 4.69) is 27.2 Å². The first-order valence-electron chi connectivity index (χ1n) is 24.5. The third-order valence-corrected chi connectivity index (χ3v) is 14.0. The zero-order valence-corrected chi connectivity index (χ0v) is 43.0.